The Kier molecular flexibility index (Phi) is 7.69. The molecule has 0 aliphatic heterocycles. The number of para-hydroxylation sites is 1. The number of halogens is 1. The Hall–Kier alpha value is -3.51. The molecule has 0 aliphatic rings. The lowest BCUT2D eigenvalue weighted by atomic mass is 10.2. The first-order valence-corrected chi connectivity index (χ1v) is 9.58. The number of oxime groups is 1. The van der Waals surface area contributed by atoms with Crippen LogP contribution in [0.1, 0.15) is 11.1 Å². The van der Waals surface area contributed by atoms with Gasteiger partial charge in [-0.25, -0.2) is 0 Å². The summed E-state index contributed by atoms with van der Waals surface area (Å²) >= 11 is 6.00. The SMILES string of the molecule is COc1cc(/C=N/OCC(=O)Nc2ccccc2Cl)ccc1OCc1ccccc1. The van der Waals surface area contributed by atoms with Gasteiger partial charge in [-0.15, -0.1) is 0 Å². The summed E-state index contributed by atoms with van der Waals surface area (Å²) < 4.78 is 11.2. The third kappa shape index (κ3) is 6.25. The Balaban J connectivity index is 1.51. The number of benzene rings is 3. The maximum Gasteiger partial charge on any atom is 0.265 e. The van der Waals surface area contributed by atoms with Crippen LogP contribution in [0.15, 0.2) is 78.0 Å². The molecule has 0 saturated heterocycles. The summed E-state index contributed by atoms with van der Waals surface area (Å²) in [5, 5.41) is 6.94. The fourth-order valence-electron chi connectivity index (χ4n) is 2.56. The molecule has 1 N–H and O–H groups in total. The molecular formula is C23H21ClN2O4. The summed E-state index contributed by atoms with van der Waals surface area (Å²) in [6.07, 6.45) is 1.49. The first-order chi connectivity index (χ1) is 14.7. The van der Waals surface area contributed by atoms with E-state index < -0.39 is 0 Å². The predicted octanol–water partition coefficient (Wildman–Crippen LogP) is 4.92. The average Bonchev–Trinajstić information content (AvgIpc) is 2.78. The number of amides is 1. The number of carbonyl (C=O) groups excluding carboxylic acids is 1. The molecule has 154 valence electrons. The molecule has 3 rings (SSSR count). The summed E-state index contributed by atoms with van der Waals surface area (Å²) in [5.41, 5.74) is 2.33. The predicted molar refractivity (Wildman–Crippen MR) is 117 cm³/mol. The molecule has 3 aromatic rings. The quantitative estimate of drug-likeness (QED) is 0.391. The Morgan fingerprint density at radius 3 is 2.57 bits per heavy atom. The maximum absolute atomic E-state index is 11.9. The van der Waals surface area contributed by atoms with Crippen molar-refractivity contribution in [2.24, 2.45) is 5.16 Å². The van der Waals surface area contributed by atoms with Crippen LogP contribution in [0.2, 0.25) is 5.02 Å². The Morgan fingerprint density at radius 1 is 1.03 bits per heavy atom. The topological polar surface area (TPSA) is 69.2 Å². The lowest BCUT2D eigenvalue weighted by Crippen LogP contribution is -2.17. The van der Waals surface area contributed by atoms with Gasteiger partial charge in [-0.1, -0.05) is 59.2 Å². The highest BCUT2D eigenvalue weighted by Gasteiger charge is 2.07. The molecule has 0 aromatic heterocycles. The van der Waals surface area contributed by atoms with Crippen LogP contribution >= 0.6 is 11.6 Å². The summed E-state index contributed by atoms with van der Waals surface area (Å²) in [6, 6.07) is 22.2. The third-order valence-corrected chi connectivity index (χ3v) is 4.37. The smallest absolute Gasteiger partial charge is 0.265 e. The summed E-state index contributed by atoms with van der Waals surface area (Å²) in [6.45, 7) is 0.200. The van der Waals surface area contributed by atoms with E-state index in [1.165, 1.54) is 6.21 Å². The molecule has 0 heterocycles. The normalized spacial score (nSPS) is 10.6. The minimum absolute atomic E-state index is 0.239. The molecule has 30 heavy (non-hydrogen) atoms. The fraction of sp³-hybridized carbons (Fsp3) is 0.130. The van der Waals surface area contributed by atoms with Crippen LogP contribution in [-0.2, 0) is 16.2 Å². The van der Waals surface area contributed by atoms with Gasteiger partial charge in [-0.05, 0) is 35.9 Å². The van der Waals surface area contributed by atoms with Gasteiger partial charge in [0.2, 0.25) is 0 Å². The Bertz CT molecular complexity index is 1010. The van der Waals surface area contributed by atoms with E-state index in [2.05, 4.69) is 10.5 Å². The highest BCUT2D eigenvalue weighted by molar-refractivity contribution is 6.33. The largest absolute Gasteiger partial charge is 0.493 e. The molecule has 7 heteroatoms. The van der Waals surface area contributed by atoms with Crippen molar-refractivity contribution in [3.8, 4) is 11.5 Å². The van der Waals surface area contributed by atoms with Crippen LogP contribution in [0.3, 0.4) is 0 Å². The second kappa shape index (κ2) is 10.9. The number of hydrogen-bond acceptors (Lipinski definition) is 5. The van der Waals surface area contributed by atoms with Crippen LogP contribution in [-0.4, -0.2) is 25.8 Å². The number of nitrogens with one attached hydrogen (secondary N) is 1. The van der Waals surface area contributed by atoms with Crippen molar-refractivity contribution < 1.29 is 19.1 Å². The molecule has 1 amide bonds. The first kappa shape index (κ1) is 21.2. The van der Waals surface area contributed by atoms with Crippen molar-refractivity contribution >= 4 is 29.4 Å². The zero-order valence-electron chi connectivity index (χ0n) is 16.4. The highest BCUT2D eigenvalue weighted by Crippen LogP contribution is 2.28. The molecule has 6 nitrogen and oxygen atoms in total. The maximum atomic E-state index is 11.9. The molecule has 0 radical (unpaired) electrons. The van der Waals surface area contributed by atoms with Gasteiger partial charge in [0.25, 0.3) is 5.91 Å². The number of rotatable bonds is 9. The van der Waals surface area contributed by atoms with Gasteiger partial charge in [-0.2, -0.15) is 0 Å². The molecule has 0 saturated carbocycles. The molecule has 0 atom stereocenters. The van der Waals surface area contributed by atoms with E-state index in [1.807, 2.05) is 36.4 Å². The van der Waals surface area contributed by atoms with Gasteiger partial charge < -0.3 is 19.6 Å². The molecule has 0 bridgehead atoms. The molecule has 3 aromatic carbocycles. The van der Waals surface area contributed by atoms with Crippen LogP contribution in [0, 0.1) is 0 Å². The molecule has 0 fully saturated rings. The van der Waals surface area contributed by atoms with Gasteiger partial charge in [0.1, 0.15) is 6.61 Å². The van der Waals surface area contributed by atoms with Crippen molar-refractivity contribution in [2.75, 3.05) is 19.0 Å². The van der Waals surface area contributed by atoms with E-state index in [0.29, 0.717) is 28.8 Å². The van der Waals surface area contributed by atoms with Crippen LogP contribution < -0.4 is 14.8 Å². The number of hydrogen-bond donors (Lipinski definition) is 1. The van der Waals surface area contributed by atoms with Gasteiger partial charge in [0.05, 0.1) is 24.0 Å². The molecule has 0 spiro atoms. The lowest BCUT2D eigenvalue weighted by molar-refractivity contribution is -0.120. The molecule has 0 unspecified atom stereocenters. The second-order valence-corrected chi connectivity index (χ2v) is 6.63. The van der Waals surface area contributed by atoms with Gasteiger partial charge in [0, 0.05) is 5.56 Å². The van der Waals surface area contributed by atoms with Crippen molar-refractivity contribution in [3.05, 3.63) is 88.9 Å². The van der Waals surface area contributed by atoms with Crippen LogP contribution in [0.5, 0.6) is 11.5 Å². The number of ether oxygens (including phenoxy) is 2. The zero-order valence-corrected chi connectivity index (χ0v) is 17.1. The third-order valence-electron chi connectivity index (χ3n) is 4.04. The number of nitrogens with zero attached hydrogens (tertiary/aromatic N) is 1. The summed E-state index contributed by atoms with van der Waals surface area (Å²) in [5.74, 6) is 0.840. The Morgan fingerprint density at radius 2 is 1.80 bits per heavy atom. The Labute approximate surface area is 180 Å². The number of methoxy groups -OCH3 is 1. The lowest BCUT2D eigenvalue weighted by Gasteiger charge is -2.11. The summed E-state index contributed by atoms with van der Waals surface area (Å²) in [4.78, 5) is 17.0. The second-order valence-electron chi connectivity index (χ2n) is 6.22. The number of anilines is 1. The van der Waals surface area contributed by atoms with Crippen molar-refractivity contribution in [3.63, 3.8) is 0 Å². The standard InChI is InChI=1S/C23H21ClN2O4/c1-28-22-13-18(11-12-21(22)29-15-17-7-3-2-4-8-17)14-25-30-16-23(27)26-20-10-6-5-9-19(20)24/h2-14H,15-16H2,1H3,(H,26,27)/b25-14+. The van der Waals surface area contributed by atoms with Gasteiger partial charge in [0.15, 0.2) is 18.1 Å². The number of carbonyl (C=O) groups is 1. The van der Waals surface area contributed by atoms with Crippen molar-refractivity contribution in [1.82, 2.24) is 0 Å². The van der Waals surface area contributed by atoms with E-state index >= 15 is 0 Å². The fourth-order valence-corrected chi connectivity index (χ4v) is 2.74. The minimum Gasteiger partial charge on any atom is -0.493 e. The van der Waals surface area contributed by atoms with E-state index in [4.69, 9.17) is 25.9 Å². The van der Waals surface area contributed by atoms with Crippen LogP contribution in [0.4, 0.5) is 5.69 Å². The van der Waals surface area contributed by atoms with E-state index in [0.717, 1.165) is 11.1 Å². The van der Waals surface area contributed by atoms with Crippen molar-refractivity contribution in [1.29, 1.82) is 0 Å². The zero-order chi connectivity index (χ0) is 21.2. The van der Waals surface area contributed by atoms with E-state index in [1.54, 1.807) is 43.5 Å². The average molecular weight is 425 g/mol. The monoisotopic (exact) mass is 424 g/mol. The van der Waals surface area contributed by atoms with Gasteiger partial charge in [-0.3, -0.25) is 4.79 Å². The minimum atomic E-state index is -0.359. The van der Waals surface area contributed by atoms with Crippen LogP contribution in [0.25, 0.3) is 0 Å². The van der Waals surface area contributed by atoms with Crippen molar-refractivity contribution in [2.45, 2.75) is 6.61 Å². The highest BCUT2D eigenvalue weighted by atomic mass is 35.5. The molecule has 0 aliphatic carbocycles. The molecular weight excluding hydrogens is 404 g/mol. The van der Waals surface area contributed by atoms with Gasteiger partial charge >= 0.3 is 0 Å². The van der Waals surface area contributed by atoms with E-state index in [-0.39, 0.29) is 12.5 Å². The first-order valence-electron chi connectivity index (χ1n) is 9.20. The summed E-state index contributed by atoms with van der Waals surface area (Å²) in [7, 11) is 1.57. The van der Waals surface area contributed by atoms with E-state index in [9.17, 15) is 4.79 Å².